The summed E-state index contributed by atoms with van der Waals surface area (Å²) in [5, 5.41) is 10.0. The van der Waals surface area contributed by atoms with Crippen LogP contribution in [-0.2, 0) is 4.74 Å². The summed E-state index contributed by atoms with van der Waals surface area (Å²) in [6.07, 6.45) is 3.62. The number of phenols is 1. The van der Waals surface area contributed by atoms with Crippen LogP contribution in [-0.4, -0.2) is 25.3 Å². The average molecular weight is 298 g/mol. The summed E-state index contributed by atoms with van der Waals surface area (Å²) in [6.45, 7) is 2.01. The maximum absolute atomic E-state index is 11.9. The number of carbonyl (C=O) groups is 1. The molecule has 0 spiro atoms. The van der Waals surface area contributed by atoms with E-state index in [0.29, 0.717) is 11.3 Å². The summed E-state index contributed by atoms with van der Waals surface area (Å²) in [5.41, 5.74) is 2.79. The largest absolute Gasteiger partial charge is 0.507 e. The number of carbonyl (C=O) groups excluding carboxylic acids is 1. The van der Waals surface area contributed by atoms with Crippen LogP contribution in [0.25, 0.3) is 12.2 Å². The van der Waals surface area contributed by atoms with E-state index in [0.717, 1.165) is 11.1 Å². The number of hydrogen-bond acceptors (Lipinski definition) is 4. The number of rotatable bonds is 4. The highest BCUT2D eigenvalue weighted by Gasteiger charge is 2.17. The van der Waals surface area contributed by atoms with Crippen LogP contribution in [0, 0.1) is 6.92 Å². The zero-order valence-electron chi connectivity index (χ0n) is 12.8. The van der Waals surface area contributed by atoms with Crippen LogP contribution in [0.1, 0.15) is 27.0 Å². The number of aromatic hydroxyl groups is 1. The molecule has 0 unspecified atom stereocenters. The van der Waals surface area contributed by atoms with Gasteiger partial charge in [-0.25, -0.2) is 4.79 Å². The van der Waals surface area contributed by atoms with Crippen LogP contribution in [0.15, 0.2) is 36.4 Å². The van der Waals surface area contributed by atoms with Crippen molar-refractivity contribution in [2.75, 3.05) is 14.2 Å². The molecular formula is C18H18O4. The third-order valence-corrected chi connectivity index (χ3v) is 3.24. The first kappa shape index (κ1) is 15.6. The number of aryl methyl sites for hydroxylation is 1. The van der Waals surface area contributed by atoms with Gasteiger partial charge >= 0.3 is 5.97 Å². The van der Waals surface area contributed by atoms with Gasteiger partial charge in [-0.3, -0.25) is 0 Å². The Balaban J connectivity index is 2.48. The van der Waals surface area contributed by atoms with Crippen LogP contribution in [0.5, 0.6) is 11.5 Å². The Labute approximate surface area is 129 Å². The molecule has 0 amide bonds. The van der Waals surface area contributed by atoms with Crippen molar-refractivity contribution in [1.29, 1.82) is 0 Å². The fourth-order valence-electron chi connectivity index (χ4n) is 2.16. The van der Waals surface area contributed by atoms with Crippen LogP contribution in [0.2, 0.25) is 0 Å². The quantitative estimate of drug-likeness (QED) is 0.691. The van der Waals surface area contributed by atoms with Crippen LogP contribution in [0.3, 0.4) is 0 Å². The van der Waals surface area contributed by atoms with Gasteiger partial charge in [0.1, 0.15) is 17.1 Å². The van der Waals surface area contributed by atoms with E-state index in [1.165, 1.54) is 20.3 Å². The Bertz CT molecular complexity index is 717. The molecule has 0 aliphatic heterocycles. The molecule has 114 valence electrons. The van der Waals surface area contributed by atoms with Crippen LogP contribution >= 0.6 is 0 Å². The number of phenolic OH excluding ortho intramolecular Hbond substituents is 1. The standard InChI is InChI=1S/C18H18O4/c1-12-5-4-6-13(9-12)7-8-14-10-15(21-2)11-16(19)17(14)18(20)22-3/h4-11,19H,1-3H3/b8-7+. The van der Waals surface area contributed by atoms with E-state index in [1.807, 2.05) is 37.3 Å². The molecule has 2 aromatic carbocycles. The Morgan fingerprint density at radius 3 is 2.55 bits per heavy atom. The molecule has 0 aliphatic carbocycles. The summed E-state index contributed by atoms with van der Waals surface area (Å²) in [6, 6.07) is 11.0. The zero-order chi connectivity index (χ0) is 16.1. The van der Waals surface area contributed by atoms with Crippen molar-refractivity contribution in [3.8, 4) is 11.5 Å². The van der Waals surface area contributed by atoms with Crippen molar-refractivity contribution >= 4 is 18.1 Å². The molecule has 0 radical (unpaired) electrons. The first-order chi connectivity index (χ1) is 10.5. The molecule has 2 rings (SSSR count). The summed E-state index contributed by atoms with van der Waals surface area (Å²) in [5.74, 6) is -0.298. The van der Waals surface area contributed by atoms with E-state index in [2.05, 4.69) is 0 Å². The van der Waals surface area contributed by atoms with Gasteiger partial charge in [-0.2, -0.15) is 0 Å². The number of benzene rings is 2. The molecule has 0 aliphatic rings. The molecule has 0 saturated heterocycles. The van der Waals surface area contributed by atoms with Gasteiger partial charge in [-0.15, -0.1) is 0 Å². The topological polar surface area (TPSA) is 55.8 Å². The van der Waals surface area contributed by atoms with E-state index in [1.54, 1.807) is 12.1 Å². The second kappa shape index (κ2) is 6.80. The summed E-state index contributed by atoms with van der Waals surface area (Å²) < 4.78 is 9.86. The van der Waals surface area contributed by atoms with E-state index in [4.69, 9.17) is 9.47 Å². The normalized spacial score (nSPS) is 10.7. The van der Waals surface area contributed by atoms with Gasteiger partial charge in [-0.1, -0.05) is 42.0 Å². The maximum Gasteiger partial charge on any atom is 0.342 e. The molecule has 0 atom stereocenters. The van der Waals surface area contributed by atoms with Gasteiger partial charge in [0, 0.05) is 6.07 Å². The van der Waals surface area contributed by atoms with Gasteiger partial charge in [-0.05, 0) is 24.1 Å². The highest BCUT2D eigenvalue weighted by Crippen LogP contribution is 2.30. The predicted molar refractivity (Wildman–Crippen MR) is 86.1 cm³/mol. The number of methoxy groups -OCH3 is 2. The highest BCUT2D eigenvalue weighted by molar-refractivity contribution is 5.98. The Morgan fingerprint density at radius 2 is 1.91 bits per heavy atom. The fraction of sp³-hybridized carbons (Fsp3) is 0.167. The number of ether oxygens (including phenoxy) is 2. The zero-order valence-corrected chi connectivity index (χ0v) is 12.8. The minimum absolute atomic E-state index is 0.118. The van der Waals surface area contributed by atoms with Crippen molar-refractivity contribution in [1.82, 2.24) is 0 Å². The van der Waals surface area contributed by atoms with Crippen LogP contribution in [0.4, 0.5) is 0 Å². The first-order valence-electron chi connectivity index (χ1n) is 6.79. The molecule has 22 heavy (non-hydrogen) atoms. The first-order valence-corrected chi connectivity index (χ1v) is 6.79. The van der Waals surface area contributed by atoms with Gasteiger partial charge < -0.3 is 14.6 Å². The smallest absolute Gasteiger partial charge is 0.342 e. The minimum atomic E-state index is -0.593. The van der Waals surface area contributed by atoms with Crippen molar-refractivity contribution in [3.05, 3.63) is 58.7 Å². The predicted octanol–water partition coefficient (Wildman–Crippen LogP) is 3.67. The van der Waals surface area contributed by atoms with Crippen molar-refractivity contribution in [2.24, 2.45) is 0 Å². The molecule has 1 N–H and O–H groups in total. The Kier molecular flexibility index (Phi) is 4.84. The van der Waals surface area contributed by atoms with E-state index in [-0.39, 0.29) is 11.3 Å². The molecule has 0 heterocycles. The monoisotopic (exact) mass is 298 g/mol. The van der Waals surface area contributed by atoms with E-state index in [9.17, 15) is 9.90 Å². The van der Waals surface area contributed by atoms with Gasteiger partial charge in [0.05, 0.1) is 14.2 Å². The summed E-state index contributed by atoms with van der Waals surface area (Å²) in [7, 11) is 2.78. The Hall–Kier alpha value is -2.75. The summed E-state index contributed by atoms with van der Waals surface area (Å²) >= 11 is 0. The number of hydrogen-bond donors (Lipinski definition) is 1. The third-order valence-electron chi connectivity index (χ3n) is 3.24. The lowest BCUT2D eigenvalue weighted by Gasteiger charge is -2.09. The average Bonchev–Trinajstić information content (AvgIpc) is 2.51. The van der Waals surface area contributed by atoms with Gasteiger partial charge in [0.2, 0.25) is 0 Å². The SMILES string of the molecule is COC(=O)c1c(O)cc(OC)cc1/C=C/c1cccc(C)c1. The molecule has 0 aromatic heterocycles. The minimum Gasteiger partial charge on any atom is -0.507 e. The van der Waals surface area contributed by atoms with Crippen LogP contribution < -0.4 is 4.74 Å². The van der Waals surface area contributed by atoms with Gasteiger partial charge in [0.15, 0.2) is 0 Å². The molecule has 4 nitrogen and oxygen atoms in total. The second-order valence-electron chi connectivity index (χ2n) is 4.85. The van der Waals surface area contributed by atoms with Crippen molar-refractivity contribution < 1.29 is 19.4 Å². The summed E-state index contributed by atoms with van der Waals surface area (Å²) in [4.78, 5) is 11.9. The van der Waals surface area contributed by atoms with Crippen molar-refractivity contribution in [3.63, 3.8) is 0 Å². The molecule has 0 fully saturated rings. The molecule has 0 bridgehead atoms. The van der Waals surface area contributed by atoms with E-state index < -0.39 is 5.97 Å². The third kappa shape index (κ3) is 3.47. The molecule has 4 heteroatoms. The fourth-order valence-corrected chi connectivity index (χ4v) is 2.16. The van der Waals surface area contributed by atoms with E-state index >= 15 is 0 Å². The molecule has 2 aromatic rings. The van der Waals surface area contributed by atoms with Crippen molar-refractivity contribution in [2.45, 2.75) is 6.92 Å². The number of esters is 1. The van der Waals surface area contributed by atoms with Gasteiger partial charge in [0.25, 0.3) is 0 Å². The highest BCUT2D eigenvalue weighted by atomic mass is 16.5. The lowest BCUT2D eigenvalue weighted by molar-refractivity contribution is 0.0597. The maximum atomic E-state index is 11.9. The lowest BCUT2D eigenvalue weighted by atomic mass is 10.0. The molecule has 0 saturated carbocycles. The molecular weight excluding hydrogens is 280 g/mol. The second-order valence-corrected chi connectivity index (χ2v) is 4.85. The Morgan fingerprint density at radius 1 is 1.14 bits per heavy atom. The lowest BCUT2D eigenvalue weighted by Crippen LogP contribution is -2.04.